The van der Waals surface area contributed by atoms with Crippen molar-refractivity contribution in [1.82, 2.24) is 9.88 Å². The molecule has 2 nitrogen and oxygen atoms in total. The molecule has 1 aromatic carbocycles. The number of halogens is 2. The van der Waals surface area contributed by atoms with Crippen LogP contribution in [0.3, 0.4) is 0 Å². The highest BCUT2D eigenvalue weighted by Gasteiger charge is 2.12. The fraction of sp³-hybridized carbons (Fsp3) is 0.267. The molecular weight excluding hydrogens is 263 g/mol. The van der Waals surface area contributed by atoms with E-state index in [-0.39, 0.29) is 11.9 Å². The predicted molar refractivity (Wildman–Crippen MR) is 75.5 cm³/mol. The van der Waals surface area contributed by atoms with E-state index >= 15 is 0 Å². The molecule has 1 heterocycles. The summed E-state index contributed by atoms with van der Waals surface area (Å²) in [6.45, 7) is 2.75. The highest BCUT2D eigenvalue weighted by atomic mass is 35.5. The molecule has 0 spiro atoms. The molecular formula is C15H16ClFN2. The van der Waals surface area contributed by atoms with E-state index in [1.165, 1.54) is 17.7 Å². The first-order valence-electron chi connectivity index (χ1n) is 6.11. The van der Waals surface area contributed by atoms with Gasteiger partial charge in [0.25, 0.3) is 0 Å². The van der Waals surface area contributed by atoms with Crippen LogP contribution in [0.25, 0.3) is 0 Å². The molecule has 0 radical (unpaired) electrons. The van der Waals surface area contributed by atoms with Crippen molar-refractivity contribution in [2.45, 2.75) is 19.5 Å². The SMILES string of the molecule is C[C@H](c1ccncc1)N(C)Cc1cc(F)cc(Cl)c1. The Kier molecular flexibility index (Phi) is 4.51. The lowest BCUT2D eigenvalue weighted by molar-refractivity contribution is 0.252. The topological polar surface area (TPSA) is 16.1 Å². The molecule has 1 atom stereocenters. The molecule has 4 heteroatoms. The summed E-state index contributed by atoms with van der Waals surface area (Å²) in [5.41, 5.74) is 2.05. The molecule has 0 N–H and O–H groups in total. The lowest BCUT2D eigenvalue weighted by Crippen LogP contribution is -2.22. The van der Waals surface area contributed by atoms with Gasteiger partial charge < -0.3 is 0 Å². The van der Waals surface area contributed by atoms with Crippen LogP contribution in [0.4, 0.5) is 4.39 Å². The first kappa shape index (κ1) is 14.0. The number of pyridine rings is 1. The fourth-order valence-electron chi connectivity index (χ4n) is 2.02. The lowest BCUT2D eigenvalue weighted by Gasteiger charge is -2.25. The van der Waals surface area contributed by atoms with Crippen LogP contribution in [0.1, 0.15) is 24.1 Å². The summed E-state index contributed by atoms with van der Waals surface area (Å²) >= 11 is 5.86. The Hall–Kier alpha value is -1.45. The highest BCUT2D eigenvalue weighted by Crippen LogP contribution is 2.21. The lowest BCUT2D eigenvalue weighted by atomic mass is 10.1. The van der Waals surface area contributed by atoms with Crippen molar-refractivity contribution in [3.8, 4) is 0 Å². The van der Waals surface area contributed by atoms with Gasteiger partial charge in [0, 0.05) is 30.0 Å². The van der Waals surface area contributed by atoms with Gasteiger partial charge >= 0.3 is 0 Å². The first-order valence-corrected chi connectivity index (χ1v) is 6.49. The van der Waals surface area contributed by atoms with Crippen LogP contribution < -0.4 is 0 Å². The Morgan fingerprint density at radius 1 is 1.26 bits per heavy atom. The Balaban J connectivity index is 2.10. The van der Waals surface area contributed by atoms with E-state index < -0.39 is 0 Å². The monoisotopic (exact) mass is 278 g/mol. The van der Waals surface area contributed by atoms with Crippen molar-refractivity contribution in [3.63, 3.8) is 0 Å². The van der Waals surface area contributed by atoms with Crippen LogP contribution in [0.5, 0.6) is 0 Å². The zero-order valence-corrected chi connectivity index (χ0v) is 11.7. The van der Waals surface area contributed by atoms with Crippen molar-refractivity contribution >= 4 is 11.6 Å². The van der Waals surface area contributed by atoms with E-state index in [9.17, 15) is 4.39 Å². The van der Waals surface area contributed by atoms with E-state index in [0.717, 1.165) is 5.56 Å². The standard InChI is InChI=1S/C15H16ClFN2/c1-11(13-3-5-18-6-4-13)19(2)10-12-7-14(16)9-15(17)8-12/h3-9,11H,10H2,1-2H3/t11-/m1/s1. The molecule has 0 unspecified atom stereocenters. The first-order chi connectivity index (χ1) is 9.06. The number of aromatic nitrogens is 1. The zero-order chi connectivity index (χ0) is 13.8. The summed E-state index contributed by atoms with van der Waals surface area (Å²) in [6.07, 6.45) is 3.55. The molecule has 0 aliphatic carbocycles. The highest BCUT2D eigenvalue weighted by molar-refractivity contribution is 6.30. The minimum Gasteiger partial charge on any atom is -0.295 e. The van der Waals surface area contributed by atoms with Gasteiger partial charge in [0.05, 0.1) is 0 Å². The zero-order valence-electron chi connectivity index (χ0n) is 11.0. The summed E-state index contributed by atoms with van der Waals surface area (Å²) in [4.78, 5) is 6.15. The van der Waals surface area contributed by atoms with E-state index in [0.29, 0.717) is 11.6 Å². The van der Waals surface area contributed by atoms with Crippen molar-refractivity contribution in [2.75, 3.05) is 7.05 Å². The van der Waals surface area contributed by atoms with Crippen LogP contribution in [0, 0.1) is 5.82 Å². The molecule has 2 rings (SSSR count). The van der Waals surface area contributed by atoms with Crippen molar-refractivity contribution in [1.29, 1.82) is 0 Å². The van der Waals surface area contributed by atoms with Crippen molar-refractivity contribution < 1.29 is 4.39 Å². The van der Waals surface area contributed by atoms with Gasteiger partial charge in [0.15, 0.2) is 0 Å². The summed E-state index contributed by atoms with van der Waals surface area (Å²) in [5, 5.41) is 0.431. The van der Waals surface area contributed by atoms with Crippen LogP contribution in [-0.4, -0.2) is 16.9 Å². The fourth-order valence-corrected chi connectivity index (χ4v) is 2.27. The van der Waals surface area contributed by atoms with Gasteiger partial charge in [-0.05, 0) is 55.4 Å². The van der Waals surface area contributed by atoms with E-state index in [4.69, 9.17) is 11.6 Å². The van der Waals surface area contributed by atoms with Crippen molar-refractivity contribution in [2.24, 2.45) is 0 Å². The van der Waals surface area contributed by atoms with Crippen LogP contribution in [0.15, 0.2) is 42.7 Å². The molecule has 0 aliphatic heterocycles. The summed E-state index contributed by atoms with van der Waals surface area (Å²) in [7, 11) is 2.00. The molecule has 0 saturated heterocycles. The minimum atomic E-state index is -0.299. The van der Waals surface area contributed by atoms with E-state index in [2.05, 4.69) is 16.8 Å². The average Bonchev–Trinajstić information content (AvgIpc) is 2.37. The molecule has 0 saturated carbocycles. The van der Waals surface area contributed by atoms with Gasteiger partial charge in [-0.1, -0.05) is 11.6 Å². The van der Waals surface area contributed by atoms with Gasteiger partial charge in [-0.15, -0.1) is 0 Å². The quantitative estimate of drug-likeness (QED) is 0.838. The van der Waals surface area contributed by atoms with Gasteiger partial charge in [-0.3, -0.25) is 9.88 Å². The van der Waals surface area contributed by atoms with Crippen LogP contribution >= 0.6 is 11.6 Å². The molecule has 0 aliphatic rings. The second kappa shape index (κ2) is 6.13. The molecule has 19 heavy (non-hydrogen) atoms. The Morgan fingerprint density at radius 2 is 1.95 bits per heavy atom. The number of nitrogens with zero attached hydrogens (tertiary/aromatic N) is 2. The molecule has 0 bridgehead atoms. The van der Waals surface area contributed by atoms with Gasteiger partial charge in [-0.25, -0.2) is 4.39 Å². The smallest absolute Gasteiger partial charge is 0.125 e. The van der Waals surface area contributed by atoms with Crippen molar-refractivity contribution in [3.05, 3.63) is 64.7 Å². The predicted octanol–water partition coefficient (Wildman–Crippen LogP) is 4.07. The molecule has 100 valence electrons. The number of benzene rings is 1. The average molecular weight is 279 g/mol. The number of hydrogen-bond donors (Lipinski definition) is 0. The number of hydrogen-bond acceptors (Lipinski definition) is 2. The summed E-state index contributed by atoms with van der Waals surface area (Å²) < 4.78 is 13.3. The second-order valence-corrected chi connectivity index (χ2v) is 5.09. The molecule has 2 aromatic rings. The number of rotatable bonds is 4. The molecule has 0 amide bonds. The van der Waals surface area contributed by atoms with E-state index in [1.807, 2.05) is 19.2 Å². The van der Waals surface area contributed by atoms with Gasteiger partial charge in [0.2, 0.25) is 0 Å². The maximum Gasteiger partial charge on any atom is 0.125 e. The third kappa shape index (κ3) is 3.75. The van der Waals surface area contributed by atoms with Crippen LogP contribution in [-0.2, 0) is 6.54 Å². The Labute approximate surface area is 117 Å². The third-order valence-corrected chi connectivity index (χ3v) is 3.42. The Morgan fingerprint density at radius 3 is 2.58 bits per heavy atom. The van der Waals surface area contributed by atoms with Gasteiger partial charge in [0.1, 0.15) is 5.82 Å². The maximum atomic E-state index is 13.3. The molecule has 0 fully saturated rings. The summed E-state index contributed by atoms with van der Waals surface area (Å²) in [5.74, 6) is -0.299. The maximum absolute atomic E-state index is 13.3. The summed E-state index contributed by atoms with van der Waals surface area (Å²) in [6, 6.07) is 8.82. The second-order valence-electron chi connectivity index (χ2n) is 4.65. The Bertz CT molecular complexity index is 525. The molecule has 1 aromatic heterocycles. The van der Waals surface area contributed by atoms with E-state index in [1.54, 1.807) is 18.5 Å². The van der Waals surface area contributed by atoms with Gasteiger partial charge in [-0.2, -0.15) is 0 Å². The largest absolute Gasteiger partial charge is 0.295 e. The normalized spacial score (nSPS) is 12.7. The third-order valence-electron chi connectivity index (χ3n) is 3.20. The minimum absolute atomic E-state index is 0.227. The van der Waals surface area contributed by atoms with Crippen LogP contribution in [0.2, 0.25) is 5.02 Å².